The van der Waals surface area contributed by atoms with E-state index in [9.17, 15) is 4.79 Å². The van der Waals surface area contributed by atoms with Gasteiger partial charge in [-0.25, -0.2) is 4.98 Å². The van der Waals surface area contributed by atoms with Gasteiger partial charge in [-0.3, -0.25) is 4.79 Å². The third kappa shape index (κ3) is 4.48. The lowest BCUT2D eigenvalue weighted by molar-refractivity contribution is -0.120. The Morgan fingerprint density at radius 2 is 2.24 bits per heavy atom. The second-order valence-electron chi connectivity index (χ2n) is 4.16. The molecule has 0 radical (unpaired) electrons. The summed E-state index contributed by atoms with van der Waals surface area (Å²) in [5, 5.41) is 3.12. The highest BCUT2D eigenvalue weighted by molar-refractivity contribution is 6.29. The van der Waals surface area contributed by atoms with Gasteiger partial charge in [0.2, 0.25) is 5.91 Å². The molecule has 3 N–H and O–H groups in total. The summed E-state index contributed by atoms with van der Waals surface area (Å²) in [5.74, 6) is 0.511. The Bertz CT molecular complexity index is 388. The summed E-state index contributed by atoms with van der Waals surface area (Å²) in [4.78, 5) is 17.4. The van der Waals surface area contributed by atoms with Crippen LogP contribution in [-0.4, -0.2) is 30.5 Å². The largest absolute Gasteiger partial charge is 0.399 e. The maximum absolute atomic E-state index is 11.6. The van der Waals surface area contributed by atoms with Gasteiger partial charge in [-0.2, -0.15) is 0 Å². The molecule has 0 saturated heterocycles. The lowest BCUT2D eigenvalue weighted by atomic mass is 10.3. The molecular formula is C11H17ClN4O. The fourth-order valence-electron chi connectivity index (χ4n) is 1.36. The van der Waals surface area contributed by atoms with Crippen LogP contribution < -0.4 is 16.0 Å². The highest BCUT2D eigenvalue weighted by Gasteiger charge is 2.10. The number of likely N-dealkylation sites (N-methyl/N-ethyl adjacent to an activating group) is 1. The molecule has 17 heavy (non-hydrogen) atoms. The molecule has 1 heterocycles. The number of carbonyl (C=O) groups excluding carboxylic acids is 1. The summed E-state index contributed by atoms with van der Waals surface area (Å²) in [7, 11) is 1.76. The predicted octanol–water partition coefficient (Wildman–Crippen LogP) is 1.28. The van der Waals surface area contributed by atoms with Crippen molar-refractivity contribution < 1.29 is 4.79 Å². The van der Waals surface area contributed by atoms with Crippen molar-refractivity contribution in [1.82, 2.24) is 10.3 Å². The molecule has 0 atom stereocenters. The van der Waals surface area contributed by atoms with E-state index in [1.807, 2.05) is 13.8 Å². The Labute approximate surface area is 106 Å². The molecule has 0 aliphatic carbocycles. The third-order valence-corrected chi connectivity index (χ3v) is 2.22. The molecule has 1 rings (SSSR count). The number of hydrogen-bond acceptors (Lipinski definition) is 4. The number of carbonyl (C=O) groups is 1. The first-order valence-electron chi connectivity index (χ1n) is 5.32. The standard InChI is InChI=1S/C11H17ClN4O/c1-7(2)14-11(17)6-16(3)10-5-8(13)4-9(12)15-10/h4-5,7H,6H2,1-3H3,(H2,13,15)(H,14,17). The molecule has 6 heteroatoms. The molecular weight excluding hydrogens is 240 g/mol. The minimum Gasteiger partial charge on any atom is -0.399 e. The van der Waals surface area contributed by atoms with E-state index >= 15 is 0 Å². The Balaban J connectivity index is 2.69. The van der Waals surface area contributed by atoms with Gasteiger partial charge in [0.05, 0.1) is 6.54 Å². The molecule has 1 amide bonds. The monoisotopic (exact) mass is 256 g/mol. The maximum Gasteiger partial charge on any atom is 0.239 e. The second-order valence-corrected chi connectivity index (χ2v) is 4.55. The fraction of sp³-hybridized carbons (Fsp3) is 0.455. The molecule has 0 unspecified atom stereocenters. The zero-order valence-corrected chi connectivity index (χ0v) is 11.0. The number of hydrogen-bond donors (Lipinski definition) is 2. The van der Waals surface area contributed by atoms with Crippen molar-refractivity contribution in [1.29, 1.82) is 0 Å². The van der Waals surface area contributed by atoms with Gasteiger partial charge >= 0.3 is 0 Å². The van der Waals surface area contributed by atoms with Crippen LogP contribution in [0, 0.1) is 0 Å². The van der Waals surface area contributed by atoms with Crippen molar-refractivity contribution >= 4 is 29.0 Å². The van der Waals surface area contributed by atoms with Gasteiger partial charge in [-0.1, -0.05) is 11.6 Å². The van der Waals surface area contributed by atoms with Crippen LogP contribution in [0.5, 0.6) is 0 Å². The van der Waals surface area contributed by atoms with E-state index in [0.29, 0.717) is 16.7 Å². The maximum atomic E-state index is 11.6. The molecule has 1 aromatic heterocycles. The number of halogens is 1. The minimum absolute atomic E-state index is 0.0668. The molecule has 0 aliphatic rings. The number of nitrogens with one attached hydrogen (secondary N) is 1. The van der Waals surface area contributed by atoms with Crippen molar-refractivity contribution in [2.75, 3.05) is 24.2 Å². The van der Waals surface area contributed by atoms with E-state index in [0.717, 1.165) is 0 Å². The number of pyridine rings is 1. The van der Waals surface area contributed by atoms with E-state index in [-0.39, 0.29) is 18.5 Å². The summed E-state index contributed by atoms with van der Waals surface area (Å²) in [6, 6.07) is 3.36. The Morgan fingerprint density at radius 3 is 2.76 bits per heavy atom. The zero-order valence-electron chi connectivity index (χ0n) is 10.2. The topological polar surface area (TPSA) is 71.2 Å². The molecule has 0 bridgehead atoms. The number of nitrogens with zero attached hydrogens (tertiary/aromatic N) is 2. The average Bonchev–Trinajstić information content (AvgIpc) is 2.14. The number of aromatic nitrogens is 1. The van der Waals surface area contributed by atoms with Gasteiger partial charge in [0.15, 0.2) is 0 Å². The van der Waals surface area contributed by atoms with E-state index in [4.69, 9.17) is 17.3 Å². The first-order chi connectivity index (χ1) is 7.88. The van der Waals surface area contributed by atoms with Gasteiger partial charge in [0.1, 0.15) is 11.0 Å². The van der Waals surface area contributed by atoms with Crippen molar-refractivity contribution in [2.45, 2.75) is 19.9 Å². The van der Waals surface area contributed by atoms with Crippen LogP contribution >= 0.6 is 11.6 Å². The Hall–Kier alpha value is -1.49. The van der Waals surface area contributed by atoms with E-state index in [2.05, 4.69) is 10.3 Å². The molecule has 0 saturated carbocycles. The van der Waals surface area contributed by atoms with Crippen LogP contribution in [0.2, 0.25) is 5.15 Å². The van der Waals surface area contributed by atoms with E-state index in [1.54, 1.807) is 24.1 Å². The van der Waals surface area contributed by atoms with Crippen molar-refractivity contribution in [3.05, 3.63) is 17.3 Å². The van der Waals surface area contributed by atoms with Crippen molar-refractivity contribution in [2.24, 2.45) is 0 Å². The first kappa shape index (κ1) is 13.6. The highest BCUT2D eigenvalue weighted by atomic mass is 35.5. The molecule has 0 fully saturated rings. The SMILES string of the molecule is CC(C)NC(=O)CN(C)c1cc(N)cc(Cl)n1. The molecule has 1 aromatic rings. The fourth-order valence-corrected chi connectivity index (χ4v) is 1.57. The number of amides is 1. The van der Waals surface area contributed by atoms with Crippen LogP contribution in [0.25, 0.3) is 0 Å². The smallest absolute Gasteiger partial charge is 0.239 e. The summed E-state index contributed by atoms with van der Waals surface area (Å²) in [6.45, 7) is 4.03. The van der Waals surface area contributed by atoms with Crippen molar-refractivity contribution in [3.63, 3.8) is 0 Å². The highest BCUT2D eigenvalue weighted by Crippen LogP contribution is 2.18. The van der Waals surface area contributed by atoms with Crippen LogP contribution in [0.4, 0.5) is 11.5 Å². The van der Waals surface area contributed by atoms with Gasteiger partial charge in [-0.15, -0.1) is 0 Å². The summed E-state index contributed by atoms with van der Waals surface area (Å²) in [5.41, 5.74) is 6.18. The Morgan fingerprint density at radius 1 is 1.59 bits per heavy atom. The number of anilines is 2. The summed E-state index contributed by atoms with van der Waals surface area (Å²) < 4.78 is 0. The Kier molecular flexibility index (Phi) is 4.57. The van der Waals surface area contributed by atoms with E-state index < -0.39 is 0 Å². The molecule has 94 valence electrons. The van der Waals surface area contributed by atoms with Crippen LogP contribution in [-0.2, 0) is 4.79 Å². The van der Waals surface area contributed by atoms with Gasteiger partial charge in [-0.05, 0) is 19.9 Å². The third-order valence-electron chi connectivity index (χ3n) is 2.02. The lowest BCUT2D eigenvalue weighted by Gasteiger charge is -2.19. The van der Waals surface area contributed by atoms with Crippen LogP contribution in [0.15, 0.2) is 12.1 Å². The average molecular weight is 257 g/mol. The van der Waals surface area contributed by atoms with E-state index in [1.165, 1.54) is 0 Å². The summed E-state index contributed by atoms with van der Waals surface area (Å²) in [6.07, 6.45) is 0. The van der Waals surface area contributed by atoms with Gasteiger partial charge < -0.3 is 16.0 Å². The van der Waals surface area contributed by atoms with Crippen molar-refractivity contribution in [3.8, 4) is 0 Å². The van der Waals surface area contributed by atoms with Crippen LogP contribution in [0.3, 0.4) is 0 Å². The van der Waals surface area contributed by atoms with Gasteiger partial charge in [0.25, 0.3) is 0 Å². The number of rotatable bonds is 4. The van der Waals surface area contributed by atoms with Gasteiger partial charge in [0, 0.05) is 24.8 Å². The minimum atomic E-state index is -0.0668. The predicted molar refractivity (Wildman–Crippen MR) is 70.2 cm³/mol. The lowest BCUT2D eigenvalue weighted by Crippen LogP contribution is -2.38. The second kappa shape index (κ2) is 5.72. The zero-order chi connectivity index (χ0) is 13.0. The summed E-state index contributed by atoms with van der Waals surface area (Å²) >= 11 is 5.80. The molecule has 0 aliphatic heterocycles. The molecule has 0 aromatic carbocycles. The number of nitrogens with two attached hydrogens (primary N) is 1. The quantitative estimate of drug-likeness (QED) is 0.796. The first-order valence-corrected chi connectivity index (χ1v) is 5.70. The molecule has 0 spiro atoms. The molecule has 5 nitrogen and oxygen atoms in total. The number of nitrogen functional groups attached to an aromatic ring is 1. The normalized spacial score (nSPS) is 10.4. The van der Waals surface area contributed by atoms with Crippen LogP contribution in [0.1, 0.15) is 13.8 Å².